The van der Waals surface area contributed by atoms with Gasteiger partial charge >= 0.3 is 0 Å². The molecule has 0 fully saturated rings. The summed E-state index contributed by atoms with van der Waals surface area (Å²) in [5, 5.41) is 4.94. The molecule has 0 amide bonds. The highest BCUT2D eigenvalue weighted by Crippen LogP contribution is 2.42. The van der Waals surface area contributed by atoms with E-state index in [4.69, 9.17) is 25.8 Å². The molecule has 1 unspecified atom stereocenters. The van der Waals surface area contributed by atoms with E-state index >= 15 is 0 Å². The molecule has 4 heterocycles. The molecule has 1 atom stereocenters. The summed E-state index contributed by atoms with van der Waals surface area (Å²) < 4.78 is 19.0. The Hall–Kier alpha value is -3.32. The van der Waals surface area contributed by atoms with E-state index in [1.807, 2.05) is 24.4 Å². The van der Waals surface area contributed by atoms with Gasteiger partial charge in [0, 0.05) is 30.3 Å². The van der Waals surface area contributed by atoms with Gasteiger partial charge in [-0.2, -0.15) is 5.10 Å². The summed E-state index contributed by atoms with van der Waals surface area (Å²) in [5.74, 6) is 2.11. The van der Waals surface area contributed by atoms with Crippen LogP contribution in [0.4, 0.5) is 0 Å². The Balaban J connectivity index is 1.42. The Morgan fingerprint density at radius 2 is 2.00 bits per heavy atom. The van der Waals surface area contributed by atoms with Crippen molar-refractivity contribution in [1.29, 1.82) is 0 Å². The quantitative estimate of drug-likeness (QED) is 0.460. The smallest absolute Gasteiger partial charge is 0.212 e. The lowest BCUT2D eigenvalue weighted by molar-refractivity contribution is 0.168. The van der Waals surface area contributed by atoms with Crippen molar-refractivity contribution in [2.45, 2.75) is 25.4 Å². The SMILES string of the molecule is COc1ccc(C2CCc3cc(Cc4cnc5cc(Cl)cnn45)cc(OC)c3O2)cn1. The first-order chi connectivity index (χ1) is 15.1. The van der Waals surface area contributed by atoms with Crippen molar-refractivity contribution in [3.8, 4) is 17.4 Å². The van der Waals surface area contributed by atoms with Crippen LogP contribution in [0.3, 0.4) is 0 Å². The van der Waals surface area contributed by atoms with Crippen LogP contribution < -0.4 is 14.2 Å². The molecule has 1 aliphatic rings. The predicted octanol–water partition coefficient (Wildman–Crippen LogP) is 4.45. The van der Waals surface area contributed by atoms with E-state index in [0.29, 0.717) is 17.3 Å². The number of halogens is 1. The minimum atomic E-state index is -0.0709. The van der Waals surface area contributed by atoms with Gasteiger partial charge in [-0.1, -0.05) is 17.7 Å². The lowest BCUT2D eigenvalue weighted by atomic mass is 9.95. The fourth-order valence-electron chi connectivity index (χ4n) is 3.95. The van der Waals surface area contributed by atoms with Crippen LogP contribution in [0.25, 0.3) is 5.65 Å². The average molecular weight is 437 g/mol. The van der Waals surface area contributed by atoms with Gasteiger partial charge in [0.05, 0.1) is 37.3 Å². The van der Waals surface area contributed by atoms with Crippen LogP contribution in [0.5, 0.6) is 17.4 Å². The number of ether oxygens (including phenoxy) is 3. The first kappa shape index (κ1) is 19.6. The normalized spacial score (nSPS) is 15.4. The molecule has 3 aromatic heterocycles. The van der Waals surface area contributed by atoms with Crippen molar-refractivity contribution in [3.05, 3.63) is 76.3 Å². The molecule has 0 aliphatic carbocycles. The Bertz CT molecular complexity index is 1220. The van der Waals surface area contributed by atoms with Crippen LogP contribution in [0.15, 0.2) is 48.9 Å². The lowest BCUT2D eigenvalue weighted by Crippen LogP contribution is -2.16. The van der Waals surface area contributed by atoms with E-state index in [-0.39, 0.29) is 6.10 Å². The number of hydrogen-bond acceptors (Lipinski definition) is 6. The summed E-state index contributed by atoms with van der Waals surface area (Å²) in [6, 6.07) is 9.84. The summed E-state index contributed by atoms with van der Waals surface area (Å²) >= 11 is 6.02. The highest BCUT2D eigenvalue weighted by molar-refractivity contribution is 6.30. The summed E-state index contributed by atoms with van der Waals surface area (Å²) in [6.07, 6.45) is 7.60. The van der Waals surface area contributed by atoms with E-state index in [9.17, 15) is 0 Å². The number of benzene rings is 1. The lowest BCUT2D eigenvalue weighted by Gasteiger charge is -2.28. The van der Waals surface area contributed by atoms with Gasteiger partial charge in [-0.15, -0.1) is 0 Å². The molecule has 4 aromatic rings. The second kappa shape index (κ2) is 8.07. The number of aromatic nitrogens is 4. The van der Waals surface area contributed by atoms with Crippen LogP contribution >= 0.6 is 11.6 Å². The van der Waals surface area contributed by atoms with E-state index in [0.717, 1.165) is 52.4 Å². The molecule has 7 nitrogen and oxygen atoms in total. The van der Waals surface area contributed by atoms with E-state index < -0.39 is 0 Å². The predicted molar refractivity (Wildman–Crippen MR) is 116 cm³/mol. The fourth-order valence-corrected chi connectivity index (χ4v) is 4.10. The second-order valence-electron chi connectivity index (χ2n) is 7.44. The highest BCUT2D eigenvalue weighted by Gasteiger charge is 2.25. The number of imidazole rings is 1. The van der Waals surface area contributed by atoms with E-state index in [1.54, 1.807) is 37.2 Å². The number of hydrogen-bond donors (Lipinski definition) is 0. The third-order valence-electron chi connectivity index (χ3n) is 5.47. The summed E-state index contributed by atoms with van der Waals surface area (Å²) in [4.78, 5) is 8.71. The number of aryl methyl sites for hydroxylation is 1. The monoisotopic (exact) mass is 436 g/mol. The van der Waals surface area contributed by atoms with Gasteiger partial charge in [0.1, 0.15) is 6.10 Å². The van der Waals surface area contributed by atoms with Gasteiger partial charge in [-0.25, -0.2) is 14.5 Å². The van der Waals surface area contributed by atoms with Crippen molar-refractivity contribution in [1.82, 2.24) is 19.6 Å². The molecule has 0 saturated heterocycles. The maximum Gasteiger partial charge on any atom is 0.212 e. The first-order valence-electron chi connectivity index (χ1n) is 9.99. The van der Waals surface area contributed by atoms with Gasteiger partial charge in [-0.3, -0.25) is 0 Å². The number of methoxy groups -OCH3 is 2. The molecule has 0 radical (unpaired) electrons. The summed E-state index contributed by atoms with van der Waals surface area (Å²) in [5.41, 5.74) is 4.98. The molecule has 8 heteroatoms. The summed E-state index contributed by atoms with van der Waals surface area (Å²) in [6.45, 7) is 0. The van der Waals surface area contributed by atoms with Gasteiger partial charge in [0.25, 0.3) is 0 Å². The maximum absolute atomic E-state index is 6.34. The van der Waals surface area contributed by atoms with E-state index in [1.165, 1.54) is 0 Å². The topological polar surface area (TPSA) is 70.8 Å². The third-order valence-corrected chi connectivity index (χ3v) is 5.68. The van der Waals surface area contributed by atoms with Crippen molar-refractivity contribution >= 4 is 17.2 Å². The molecule has 31 heavy (non-hydrogen) atoms. The zero-order chi connectivity index (χ0) is 21.4. The van der Waals surface area contributed by atoms with Gasteiger partial charge in [-0.05, 0) is 36.1 Å². The van der Waals surface area contributed by atoms with Gasteiger partial charge in [0.15, 0.2) is 17.1 Å². The van der Waals surface area contributed by atoms with Crippen molar-refractivity contribution in [2.75, 3.05) is 14.2 Å². The number of pyridine rings is 1. The minimum absolute atomic E-state index is 0.0709. The van der Waals surface area contributed by atoms with Crippen LogP contribution in [0.2, 0.25) is 5.02 Å². The Morgan fingerprint density at radius 3 is 2.77 bits per heavy atom. The molecule has 0 bridgehead atoms. The maximum atomic E-state index is 6.34. The molecular formula is C23H21ClN4O3. The molecule has 0 N–H and O–H groups in total. The van der Waals surface area contributed by atoms with Crippen molar-refractivity contribution in [2.24, 2.45) is 0 Å². The minimum Gasteiger partial charge on any atom is -0.493 e. The fraction of sp³-hybridized carbons (Fsp3) is 0.261. The molecule has 1 aliphatic heterocycles. The molecule has 158 valence electrons. The van der Waals surface area contributed by atoms with Crippen LogP contribution in [0, 0.1) is 0 Å². The van der Waals surface area contributed by atoms with Gasteiger partial charge in [0.2, 0.25) is 5.88 Å². The highest BCUT2D eigenvalue weighted by atomic mass is 35.5. The van der Waals surface area contributed by atoms with Crippen LogP contribution in [-0.2, 0) is 12.8 Å². The largest absolute Gasteiger partial charge is 0.493 e. The van der Waals surface area contributed by atoms with Crippen molar-refractivity contribution < 1.29 is 14.2 Å². The molecule has 1 aromatic carbocycles. The zero-order valence-electron chi connectivity index (χ0n) is 17.2. The van der Waals surface area contributed by atoms with Gasteiger partial charge < -0.3 is 14.2 Å². The number of fused-ring (bicyclic) bond motifs is 2. The molecule has 0 spiro atoms. The molecular weight excluding hydrogens is 416 g/mol. The zero-order valence-corrected chi connectivity index (χ0v) is 18.0. The molecule has 0 saturated carbocycles. The Kier molecular flexibility index (Phi) is 5.11. The summed E-state index contributed by atoms with van der Waals surface area (Å²) in [7, 11) is 3.27. The van der Waals surface area contributed by atoms with Crippen molar-refractivity contribution in [3.63, 3.8) is 0 Å². The van der Waals surface area contributed by atoms with Crippen LogP contribution in [-0.4, -0.2) is 33.8 Å². The number of nitrogens with zero attached hydrogens (tertiary/aromatic N) is 4. The average Bonchev–Trinajstić information content (AvgIpc) is 3.19. The molecule has 5 rings (SSSR count). The first-order valence-corrected chi connectivity index (χ1v) is 10.4. The second-order valence-corrected chi connectivity index (χ2v) is 7.87. The Morgan fingerprint density at radius 1 is 1.10 bits per heavy atom. The standard InChI is InChI=1S/C23H21ClN4O3/c1-29-20-9-14(8-18-13-25-21-10-17(24)12-27-28(18)21)7-15-3-5-19(31-23(15)20)16-4-6-22(30-2)26-11-16/h4,6-7,9-13,19H,3,5,8H2,1-2H3. The third kappa shape index (κ3) is 3.77. The number of rotatable bonds is 5. The van der Waals surface area contributed by atoms with E-state index in [2.05, 4.69) is 21.1 Å². The Labute approximate surface area is 184 Å². The van der Waals surface area contributed by atoms with Crippen LogP contribution in [0.1, 0.15) is 34.9 Å².